The average molecular weight is 414 g/mol. The number of benzene rings is 1. The van der Waals surface area contributed by atoms with Crippen molar-refractivity contribution in [3.05, 3.63) is 69.4 Å². The van der Waals surface area contributed by atoms with Crippen LogP contribution in [0.3, 0.4) is 0 Å². The van der Waals surface area contributed by atoms with Gasteiger partial charge in [0, 0.05) is 10.6 Å². The van der Waals surface area contributed by atoms with Crippen LogP contribution in [0.5, 0.6) is 0 Å². The third-order valence-electron chi connectivity index (χ3n) is 4.30. The van der Waals surface area contributed by atoms with Crippen molar-refractivity contribution in [1.82, 2.24) is 14.5 Å². The van der Waals surface area contributed by atoms with Crippen molar-refractivity contribution in [2.24, 2.45) is 0 Å². The van der Waals surface area contributed by atoms with Gasteiger partial charge in [0.2, 0.25) is 11.6 Å². The molecule has 0 N–H and O–H groups in total. The van der Waals surface area contributed by atoms with Gasteiger partial charge in [-0.3, -0.25) is 9.36 Å². The number of rotatable bonds is 5. The minimum Gasteiger partial charge on any atom is -0.462 e. The Kier molecular flexibility index (Phi) is 4.94. The Morgan fingerprint density at radius 2 is 2.10 bits per heavy atom. The summed E-state index contributed by atoms with van der Waals surface area (Å²) < 4.78 is 17.5. The summed E-state index contributed by atoms with van der Waals surface area (Å²) in [5.41, 5.74) is 0.490. The number of halogens is 1. The van der Waals surface area contributed by atoms with Crippen LogP contribution in [0.15, 0.2) is 50.4 Å². The van der Waals surface area contributed by atoms with Crippen LogP contribution in [0.1, 0.15) is 28.9 Å². The molecule has 3 aromatic heterocycles. The molecular weight excluding hydrogens is 398 g/mol. The van der Waals surface area contributed by atoms with Gasteiger partial charge >= 0.3 is 5.97 Å². The second kappa shape index (κ2) is 7.56. The molecule has 0 saturated carbocycles. The zero-order valence-corrected chi connectivity index (χ0v) is 16.4. The fourth-order valence-corrected chi connectivity index (χ4v) is 3.19. The molecule has 0 aliphatic carbocycles. The summed E-state index contributed by atoms with van der Waals surface area (Å²) >= 11 is 6.01. The molecule has 0 fully saturated rings. The highest BCUT2D eigenvalue weighted by molar-refractivity contribution is 6.30. The average Bonchev–Trinajstić information content (AvgIpc) is 3.28. The summed E-state index contributed by atoms with van der Waals surface area (Å²) in [4.78, 5) is 33.6. The molecule has 0 spiro atoms. The highest BCUT2D eigenvalue weighted by atomic mass is 35.5. The Hall–Kier alpha value is -3.39. The summed E-state index contributed by atoms with van der Waals surface area (Å²) in [5, 5.41) is 0.651. The van der Waals surface area contributed by atoms with E-state index in [1.165, 1.54) is 10.9 Å². The van der Waals surface area contributed by atoms with Crippen molar-refractivity contribution >= 4 is 28.7 Å². The van der Waals surface area contributed by atoms with Crippen molar-refractivity contribution in [3.63, 3.8) is 0 Å². The second-order valence-corrected chi connectivity index (χ2v) is 6.68. The zero-order chi connectivity index (χ0) is 20.5. The molecule has 0 saturated heterocycles. The molecule has 0 aliphatic heterocycles. The molecule has 0 atom stereocenters. The topological polar surface area (TPSA) is 100 Å². The van der Waals surface area contributed by atoms with E-state index in [0.717, 1.165) is 5.56 Å². The van der Waals surface area contributed by atoms with Gasteiger partial charge < -0.3 is 13.6 Å². The number of hydrogen-bond acceptors (Lipinski definition) is 7. The Morgan fingerprint density at radius 1 is 1.28 bits per heavy atom. The number of carbonyl (C=O) groups excluding carboxylic acids is 1. The molecule has 29 heavy (non-hydrogen) atoms. The number of furan rings is 1. The van der Waals surface area contributed by atoms with Crippen LogP contribution in [0.4, 0.5) is 0 Å². The van der Waals surface area contributed by atoms with E-state index in [4.69, 9.17) is 25.2 Å². The van der Waals surface area contributed by atoms with Crippen LogP contribution in [-0.2, 0) is 11.3 Å². The van der Waals surface area contributed by atoms with Gasteiger partial charge in [0.1, 0.15) is 29.6 Å². The first-order chi connectivity index (χ1) is 14.0. The predicted molar refractivity (Wildman–Crippen MR) is 105 cm³/mol. The molecule has 0 radical (unpaired) electrons. The molecule has 4 aromatic rings. The highest BCUT2D eigenvalue weighted by Crippen LogP contribution is 2.24. The quantitative estimate of drug-likeness (QED) is 0.458. The van der Waals surface area contributed by atoms with Gasteiger partial charge in [0.05, 0.1) is 12.8 Å². The Bertz CT molecular complexity index is 1270. The number of esters is 1. The fraction of sp³-hybridized carbons (Fsp3) is 0.200. The maximum absolute atomic E-state index is 13.0. The van der Waals surface area contributed by atoms with Crippen LogP contribution in [-0.4, -0.2) is 27.1 Å². The fourth-order valence-electron chi connectivity index (χ4n) is 3.00. The third kappa shape index (κ3) is 3.54. The Morgan fingerprint density at radius 3 is 2.86 bits per heavy atom. The van der Waals surface area contributed by atoms with Crippen LogP contribution in [0.2, 0.25) is 5.02 Å². The first kappa shape index (κ1) is 18.9. The summed E-state index contributed by atoms with van der Waals surface area (Å²) in [6.07, 6.45) is 2.88. The maximum atomic E-state index is 13.0. The summed E-state index contributed by atoms with van der Waals surface area (Å²) in [6, 6.07) is 7.17. The number of ether oxygens (including phenoxy) is 1. The molecule has 1 aromatic carbocycles. The van der Waals surface area contributed by atoms with E-state index in [1.807, 2.05) is 6.07 Å². The minimum atomic E-state index is -0.625. The monoisotopic (exact) mass is 413 g/mol. The molecule has 0 amide bonds. The predicted octanol–water partition coefficient (Wildman–Crippen LogP) is 3.83. The van der Waals surface area contributed by atoms with Gasteiger partial charge in [0.15, 0.2) is 5.76 Å². The smallest absolute Gasteiger partial charge is 0.342 e. The number of nitrogens with zero attached hydrogens (tertiary/aromatic N) is 3. The molecule has 0 aliphatic rings. The number of fused-ring (bicyclic) bond motifs is 1. The van der Waals surface area contributed by atoms with E-state index in [9.17, 15) is 9.59 Å². The minimum absolute atomic E-state index is 0.0365. The van der Waals surface area contributed by atoms with E-state index in [-0.39, 0.29) is 35.6 Å². The second-order valence-electron chi connectivity index (χ2n) is 6.24. The SMILES string of the molecule is CCOC(=O)c1c(C)oc2ncn(Cc3ncc(-c4cccc(Cl)c4)o3)c(=O)c12. The number of aromatic nitrogens is 3. The van der Waals surface area contributed by atoms with Crippen molar-refractivity contribution in [2.75, 3.05) is 6.61 Å². The van der Waals surface area contributed by atoms with E-state index in [0.29, 0.717) is 16.7 Å². The van der Waals surface area contributed by atoms with E-state index in [2.05, 4.69) is 9.97 Å². The lowest BCUT2D eigenvalue weighted by Crippen LogP contribution is -2.22. The molecular formula is C20H16ClN3O5. The highest BCUT2D eigenvalue weighted by Gasteiger charge is 2.24. The van der Waals surface area contributed by atoms with Crippen LogP contribution < -0.4 is 5.56 Å². The van der Waals surface area contributed by atoms with E-state index < -0.39 is 11.5 Å². The summed E-state index contributed by atoms with van der Waals surface area (Å²) in [5.74, 6) is 0.483. The molecule has 4 rings (SSSR count). The van der Waals surface area contributed by atoms with Gasteiger partial charge in [-0.1, -0.05) is 23.7 Å². The molecule has 3 heterocycles. The third-order valence-corrected chi connectivity index (χ3v) is 4.54. The standard InChI is InChI=1S/C20H16ClN3O5/c1-3-27-20(26)16-11(2)28-18-17(16)19(25)24(10-23-18)9-15-22-8-14(29-15)12-5-4-6-13(21)7-12/h4-8,10H,3,9H2,1-2H3. The van der Waals surface area contributed by atoms with Crippen LogP contribution >= 0.6 is 11.6 Å². The largest absolute Gasteiger partial charge is 0.462 e. The zero-order valence-electron chi connectivity index (χ0n) is 15.6. The number of aryl methyl sites for hydroxylation is 1. The van der Waals surface area contributed by atoms with Gasteiger partial charge in [-0.05, 0) is 26.0 Å². The number of oxazole rings is 1. The summed E-state index contributed by atoms with van der Waals surface area (Å²) in [6.45, 7) is 3.49. The Balaban J connectivity index is 1.71. The number of carbonyl (C=O) groups is 1. The molecule has 8 nitrogen and oxygen atoms in total. The maximum Gasteiger partial charge on any atom is 0.342 e. The molecule has 9 heteroatoms. The van der Waals surface area contributed by atoms with Crippen molar-refractivity contribution in [2.45, 2.75) is 20.4 Å². The van der Waals surface area contributed by atoms with E-state index in [1.54, 1.807) is 38.2 Å². The lowest BCUT2D eigenvalue weighted by molar-refractivity contribution is 0.0526. The molecule has 148 valence electrons. The van der Waals surface area contributed by atoms with Crippen LogP contribution in [0, 0.1) is 6.92 Å². The molecule has 0 unspecified atom stereocenters. The normalized spacial score (nSPS) is 11.1. The van der Waals surface area contributed by atoms with Crippen molar-refractivity contribution < 1.29 is 18.4 Å². The first-order valence-corrected chi connectivity index (χ1v) is 9.22. The van der Waals surface area contributed by atoms with Gasteiger partial charge in [0.25, 0.3) is 5.56 Å². The van der Waals surface area contributed by atoms with Crippen molar-refractivity contribution in [3.8, 4) is 11.3 Å². The van der Waals surface area contributed by atoms with E-state index >= 15 is 0 Å². The van der Waals surface area contributed by atoms with Gasteiger partial charge in [-0.15, -0.1) is 0 Å². The molecule has 0 bridgehead atoms. The lowest BCUT2D eigenvalue weighted by atomic mass is 10.2. The Labute approximate surface area is 169 Å². The van der Waals surface area contributed by atoms with Gasteiger partial charge in [-0.2, -0.15) is 0 Å². The van der Waals surface area contributed by atoms with Crippen molar-refractivity contribution in [1.29, 1.82) is 0 Å². The summed E-state index contributed by atoms with van der Waals surface area (Å²) in [7, 11) is 0. The number of hydrogen-bond donors (Lipinski definition) is 0. The lowest BCUT2D eigenvalue weighted by Gasteiger charge is -2.03. The van der Waals surface area contributed by atoms with Gasteiger partial charge in [-0.25, -0.2) is 14.8 Å². The van der Waals surface area contributed by atoms with Crippen LogP contribution in [0.25, 0.3) is 22.4 Å². The first-order valence-electron chi connectivity index (χ1n) is 8.84.